The molecule has 0 atom stereocenters. The predicted octanol–water partition coefficient (Wildman–Crippen LogP) is -0.958. The van der Waals surface area contributed by atoms with E-state index in [0.29, 0.717) is 16.9 Å². The van der Waals surface area contributed by atoms with Crippen LogP contribution in [0.25, 0.3) is 0 Å². The summed E-state index contributed by atoms with van der Waals surface area (Å²) in [5.74, 6) is 0.435. The molecule has 15 heavy (non-hydrogen) atoms. The molecule has 0 spiro atoms. The highest BCUT2D eigenvalue weighted by molar-refractivity contribution is 5.86. The van der Waals surface area contributed by atoms with Crippen LogP contribution in [-0.2, 0) is 0 Å². The van der Waals surface area contributed by atoms with Crippen LogP contribution in [-0.4, -0.2) is 6.03 Å². The Bertz CT molecular complexity index is 404. The van der Waals surface area contributed by atoms with Crippen LogP contribution in [0.5, 0.6) is 11.5 Å². The average Bonchev–Trinajstić information content (AvgIpc) is 2.48. The standard InChI is InChI=1S/C8H13N5O2/c1-2-3(9)5(11)7-6(4(2)10)14-8(12,13)15-7/h9-13H2,1H3. The van der Waals surface area contributed by atoms with E-state index in [-0.39, 0.29) is 17.2 Å². The molecular formula is C8H13N5O2. The molecular weight excluding hydrogens is 198 g/mol. The Kier molecular flexibility index (Phi) is 1.67. The molecule has 1 aromatic carbocycles. The Morgan fingerprint density at radius 2 is 1.33 bits per heavy atom. The van der Waals surface area contributed by atoms with E-state index in [1.807, 2.05) is 0 Å². The summed E-state index contributed by atoms with van der Waals surface area (Å²) in [5, 5.41) is 0. The van der Waals surface area contributed by atoms with Crippen molar-refractivity contribution < 1.29 is 9.47 Å². The fraction of sp³-hybridized carbons (Fsp3) is 0.250. The molecule has 1 aliphatic heterocycles. The van der Waals surface area contributed by atoms with Crippen LogP contribution < -0.4 is 38.1 Å². The van der Waals surface area contributed by atoms with Crippen molar-refractivity contribution in [1.82, 2.24) is 0 Å². The molecule has 0 radical (unpaired) electrons. The Labute approximate surface area is 86.1 Å². The summed E-state index contributed by atoms with van der Waals surface area (Å²) in [4.78, 5) is 0. The first-order valence-corrected chi connectivity index (χ1v) is 4.26. The van der Waals surface area contributed by atoms with Gasteiger partial charge >= 0.3 is 6.03 Å². The van der Waals surface area contributed by atoms with Crippen LogP contribution in [0.2, 0.25) is 0 Å². The Balaban J connectivity index is 2.69. The van der Waals surface area contributed by atoms with Crippen molar-refractivity contribution in [2.45, 2.75) is 13.0 Å². The maximum absolute atomic E-state index is 5.77. The lowest BCUT2D eigenvalue weighted by atomic mass is 10.1. The highest BCUT2D eigenvalue weighted by Gasteiger charge is 2.38. The lowest BCUT2D eigenvalue weighted by molar-refractivity contribution is -0.0666. The zero-order valence-electron chi connectivity index (χ0n) is 8.20. The first kappa shape index (κ1) is 9.69. The van der Waals surface area contributed by atoms with Crippen LogP contribution in [0, 0.1) is 6.92 Å². The average molecular weight is 211 g/mol. The minimum atomic E-state index is -1.75. The number of hydrogen-bond donors (Lipinski definition) is 5. The molecule has 0 saturated carbocycles. The van der Waals surface area contributed by atoms with Gasteiger partial charge in [-0.1, -0.05) is 0 Å². The van der Waals surface area contributed by atoms with Gasteiger partial charge in [0.05, 0.1) is 11.4 Å². The number of nitrogen functional groups attached to an aromatic ring is 3. The third kappa shape index (κ3) is 1.21. The van der Waals surface area contributed by atoms with Crippen molar-refractivity contribution >= 4 is 17.1 Å². The summed E-state index contributed by atoms with van der Waals surface area (Å²) >= 11 is 0. The summed E-state index contributed by atoms with van der Waals surface area (Å²) < 4.78 is 10.2. The number of hydrogen-bond acceptors (Lipinski definition) is 7. The summed E-state index contributed by atoms with van der Waals surface area (Å²) in [6.45, 7) is 1.72. The monoisotopic (exact) mass is 211 g/mol. The van der Waals surface area contributed by atoms with Crippen LogP contribution >= 0.6 is 0 Å². The number of rotatable bonds is 0. The third-order valence-electron chi connectivity index (χ3n) is 2.32. The van der Waals surface area contributed by atoms with Gasteiger partial charge in [-0.25, -0.2) is 11.5 Å². The molecule has 0 aromatic heterocycles. The predicted molar refractivity (Wildman–Crippen MR) is 56.8 cm³/mol. The van der Waals surface area contributed by atoms with E-state index in [0.717, 1.165) is 0 Å². The second-order valence-electron chi connectivity index (χ2n) is 3.45. The maximum atomic E-state index is 5.77. The number of fused-ring (bicyclic) bond motifs is 1. The molecule has 7 heteroatoms. The molecule has 1 heterocycles. The smallest absolute Gasteiger partial charge is 0.377 e. The van der Waals surface area contributed by atoms with Crippen molar-refractivity contribution in [3.8, 4) is 11.5 Å². The lowest BCUT2D eigenvalue weighted by Gasteiger charge is -2.15. The van der Waals surface area contributed by atoms with Gasteiger partial charge in [-0.2, -0.15) is 0 Å². The van der Waals surface area contributed by atoms with E-state index in [9.17, 15) is 0 Å². The topological polar surface area (TPSA) is 149 Å². The number of nitrogens with two attached hydrogens (primary N) is 5. The zero-order chi connectivity index (χ0) is 11.4. The molecule has 1 aromatic rings. The SMILES string of the molecule is Cc1c(N)c(N)c2c(c1N)OC(N)(N)O2. The van der Waals surface area contributed by atoms with E-state index in [2.05, 4.69) is 0 Å². The van der Waals surface area contributed by atoms with E-state index in [1.165, 1.54) is 0 Å². The Hall–Kier alpha value is -1.86. The third-order valence-corrected chi connectivity index (χ3v) is 2.32. The second kappa shape index (κ2) is 2.59. The number of benzene rings is 1. The highest BCUT2D eigenvalue weighted by Crippen LogP contribution is 2.49. The minimum absolute atomic E-state index is 0.195. The van der Waals surface area contributed by atoms with Crippen molar-refractivity contribution in [2.24, 2.45) is 11.5 Å². The van der Waals surface area contributed by atoms with Crippen molar-refractivity contribution in [3.63, 3.8) is 0 Å². The highest BCUT2D eigenvalue weighted by atomic mass is 16.8. The van der Waals surface area contributed by atoms with E-state index >= 15 is 0 Å². The van der Waals surface area contributed by atoms with Crippen molar-refractivity contribution in [3.05, 3.63) is 5.56 Å². The van der Waals surface area contributed by atoms with Crippen LogP contribution in [0.3, 0.4) is 0 Å². The molecule has 0 saturated heterocycles. The van der Waals surface area contributed by atoms with Crippen molar-refractivity contribution in [1.29, 1.82) is 0 Å². The van der Waals surface area contributed by atoms with Gasteiger partial charge in [-0.05, 0) is 6.92 Å². The van der Waals surface area contributed by atoms with Crippen LogP contribution in [0.15, 0.2) is 0 Å². The lowest BCUT2D eigenvalue weighted by Crippen LogP contribution is -2.57. The zero-order valence-corrected chi connectivity index (χ0v) is 8.20. The minimum Gasteiger partial charge on any atom is -0.421 e. The van der Waals surface area contributed by atoms with Gasteiger partial charge in [0, 0.05) is 5.56 Å². The van der Waals surface area contributed by atoms with Crippen LogP contribution in [0.4, 0.5) is 17.1 Å². The quantitative estimate of drug-likeness (QED) is 0.274. The molecule has 0 aliphatic carbocycles. The van der Waals surface area contributed by atoms with Gasteiger partial charge in [0.1, 0.15) is 5.69 Å². The van der Waals surface area contributed by atoms with Crippen LogP contribution in [0.1, 0.15) is 5.56 Å². The van der Waals surface area contributed by atoms with Gasteiger partial charge in [0.15, 0.2) is 11.5 Å². The first-order valence-electron chi connectivity index (χ1n) is 4.26. The van der Waals surface area contributed by atoms with Gasteiger partial charge in [0.2, 0.25) is 0 Å². The van der Waals surface area contributed by atoms with Gasteiger partial charge in [0.25, 0.3) is 0 Å². The maximum Gasteiger partial charge on any atom is 0.377 e. The fourth-order valence-corrected chi connectivity index (χ4v) is 1.43. The normalized spacial score (nSPS) is 16.7. The molecule has 7 nitrogen and oxygen atoms in total. The van der Waals surface area contributed by atoms with E-state index < -0.39 is 6.03 Å². The number of ether oxygens (including phenoxy) is 2. The Morgan fingerprint density at radius 3 is 1.87 bits per heavy atom. The molecule has 0 unspecified atom stereocenters. The van der Waals surface area contributed by atoms with Gasteiger partial charge in [-0.3, -0.25) is 0 Å². The Morgan fingerprint density at radius 1 is 0.867 bits per heavy atom. The number of anilines is 3. The molecule has 82 valence electrons. The first-order chi connectivity index (χ1) is 6.83. The fourth-order valence-electron chi connectivity index (χ4n) is 1.43. The molecule has 0 amide bonds. The molecule has 1 aliphatic rings. The summed E-state index contributed by atoms with van der Waals surface area (Å²) in [5.41, 5.74) is 29.6. The van der Waals surface area contributed by atoms with Crippen molar-refractivity contribution in [2.75, 3.05) is 17.2 Å². The molecule has 0 fully saturated rings. The van der Waals surface area contributed by atoms with E-state index in [4.69, 9.17) is 38.1 Å². The van der Waals surface area contributed by atoms with E-state index in [1.54, 1.807) is 6.92 Å². The molecule has 2 rings (SSSR count). The van der Waals surface area contributed by atoms with Gasteiger partial charge in [-0.15, -0.1) is 0 Å². The summed E-state index contributed by atoms with van der Waals surface area (Å²) in [6, 6.07) is -1.75. The second-order valence-corrected chi connectivity index (χ2v) is 3.45. The van der Waals surface area contributed by atoms with Gasteiger partial charge < -0.3 is 26.7 Å². The largest absolute Gasteiger partial charge is 0.421 e. The summed E-state index contributed by atoms with van der Waals surface area (Å²) in [7, 11) is 0. The molecule has 0 bridgehead atoms. The summed E-state index contributed by atoms with van der Waals surface area (Å²) in [6.07, 6.45) is 0. The molecule has 10 N–H and O–H groups in total.